The van der Waals surface area contributed by atoms with Crippen LogP contribution < -0.4 is 0 Å². The smallest absolute Gasteiger partial charge is 0.399 e. The van der Waals surface area contributed by atoms with E-state index in [0.717, 1.165) is 5.56 Å². The summed E-state index contributed by atoms with van der Waals surface area (Å²) in [5, 5.41) is 30.1. The lowest BCUT2D eigenvalue weighted by atomic mass is 10.0. The highest BCUT2D eigenvalue weighted by Crippen LogP contribution is 2.40. The van der Waals surface area contributed by atoms with Crippen LogP contribution in [0.25, 0.3) is 5.76 Å². The van der Waals surface area contributed by atoms with Gasteiger partial charge in [-0.05, 0) is 40.1 Å². The average Bonchev–Trinajstić information content (AvgIpc) is 2.96. The van der Waals surface area contributed by atoms with E-state index in [9.17, 15) is 23.7 Å². The Balaban J connectivity index is 1.83. The van der Waals surface area contributed by atoms with E-state index in [2.05, 4.69) is 20.1 Å². The van der Waals surface area contributed by atoms with E-state index in [0.29, 0.717) is 21.5 Å². The zero-order valence-electron chi connectivity index (χ0n) is 12.8. The van der Waals surface area contributed by atoms with E-state index >= 15 is 0 Å². The van der Waals surface area contributed by atoms with Crippen molar-refractivity contribution < 1.29 is 41.9 Å². The van der Waals surface area contributed by atoms with Crippen molar-refractivity contribution in [2.75, 3.05) is 0 Å². The summed E-state index contributed by atoms with van der Waals surface area (Å²) in [6.45, 7) is 0. The Morgan fingerprint density at radius 1 is 1.15 bits per heavy atom. The first kappa shape index (κ1) is 20.0. The van der Waals surface area contributed by atoms with E-state index in [1.165, 1.54) is 0 Å². The average molecular weight is 474 g/mol. The highest BCUT2D eigenvalue weighted by molar-refractivity contribution is 9.10. The zero-order chi connectivity index (χ0) is 19.2. The fourth-order valence-electron chi connectivity index (χ4n) is 2.68. The van der Waals surface area contributed by atoms with E-state index in [1.54, 1.807) is 12.1 Å². The van der Waals surface area contributed by atoms with Gasteiger partial charge in [0.1, 0.15) is 24.1 Å². The molecule has 1 heterocycles. The molecule has 1 aliphatic heterocycles. The summed E-state index contributed by atoms with van der Waals surface area (Å²) in [5.74, 6) is 0.240. The molecule has 12 heteroatoms. The molecular formula is C14H14BrClO9S. The molecule has 1 fully saturated rings. The molecule has 1 aliphatic carbocycles. The van der Waals surface area contributed by atoms with Crippen LogP contribution in [-0.2, 0) is 30.5 Å². The molecule has 0 bridgehead atoms. The minimum absolute atomic E-state index is 0.240. The molecule has 4 N–H and O–H groups in total. The Hall–Kier alpha value is -0.760. The van der Waals surface area contributed by atoms with Crippen molar-refractivity contribution in [2.45, 2.75) is 37.3 Å². The standard InChI is InChI=1S/C14H14BrClO9S/c15-6-3-1-5-2-4-7(8(5)9(6)16)23-13-11(18)10(17)12(19)14(24-13)25-26(20,21)22/h1,3-4,10-14,17-19H,2H2,(H,20,21,22)/t10-,11-,12-,13-,14-/m1/s1. The van der Waals surface area contributed by atoms with Crippen molar-refractivity contribution in [3.63, 3.8) is 0 Å². The minimum Gasteiger partial charge on any atom is -0.462 e. The predicted molar refractivity (Wildman–Crippen MR) is 91.2 cm³/mol. The van der Waals surface area contributed by atoms with Gasteiger partial charge in [0.15, 0.2) is 0 Å². The van der Waals surface area contributed by atoms with Crippen LogP contribution in [-0.4, -0.2) is 59.2 Å². The maximum atomic E-state index is 10.9. The number of benzene rings is 1. The van der Waals surface area contributed by atoms with Gasteiger partial charge in [0.05, 0.1) is 5.02 Å². The fourth-order valence-corrected chi connectivity index (χ4v) is 3.68. The van der Waals surface area contributed by atoms with Crippen LogP contribution in [0, 0.1) is 0 Å². The molecule has 3 rings (SSSR count). The number of allylic oxidation sites excluding steroid dienone is 1. The normalized spacial score (nSPS) is 31.5. The van der Waals surface area contributed by atoms with Crippen LogP contribution in [0.4, 0.5) is 0 Å². The number of hydrogen-bond donors (Lipinski definition) is 4. The zero-order valence-corrected chi connectivity index (χ0v) is 16.0. The van der Waals surface area contributed by atoms with Crippen LogP contribution in [0.15, 0.2) is 22.7 Å². The lowest BCUT2D eigenvalue weighted by Crippen LogP contribution is -2.59. The highest BCUT2D eigenvalue weighted by Gasteiger charge is 2.47. The molecule has 0 radical (unpaired) electrons. The van der Waals surface area contributed by atoms with Crippen molar-refractivity contribution in [1.82, 2.24) is 0 Å². The molecule has 0 amide bonds. The van der Waals surface area contributed by atoms with E-state index in [1.807, 2.05) is 6.07 Å². The van der Waals surface area contributed by atoms with Gasteiger partial charge in [0.2, 0.25) is 12.6 Å². The molecule has 9 nitrogen and oxygen atoms in total. The summed E-state index contributed by atoms with van der Waals surface area (Å²) in [4.78, 5) is 0. The molecule has 1 aromatic carbocycles. The number of ether oxygens (including phenoxy) is 2. The fraction of sp³-hybridized carbons (Fsp3) is 0.429. The molecule has 0 aromatic heterocycles. The number of aliphatic hydroxyl groups is 3. The quantitative estimate of drug-likeness (QED) is 0.462. The summed E-state index contributed by atoms with van der Waals surface area (Å²) in [6.07, 6.45) is -6.91. The molecular weight excluding hydrogens is 460 g/mol. The molecule has 2 aliphatic rings. The van der Waals surface area contributed by atoms with Crippen molar-refractivity contribution in [3.8, 4) is 0 Å². The predicted octanol–water partition coefficient (Wildman–Crippen LogP) is 0.601. The van der Waals surface area contributed by atoms with Gasteiger partial charge in [-0.25, -0.2) is 4.18 Å². The van der Waals surface area contributed by atoms with Gasteiger partial charge in [-0.1, -0.05) is 17.7 Å². The monoisotopic (exact) mass is 472 g/mol. The number of rotatable bonds is 4. The SMILES string of the molecule is O=S(=O)(O)O[C@H]1O[C@@H](OC2=CCc3ccc(Br)c(Cl)c32)[C@H](O)[C@@H](O)[C@H]1O. The first-order chi connectivity index (χ1) is 12.1. The van der Waals surface area contributed by atoms with Crippen LogP contribution in [0.5, 0.6) is 0 Å². The van der Waals surface area contributed by atoms with Crippen molar-refractivity contribution >= 4 is 43.7 Å². The Labute approximate surface area is 161 Å². The van der Waals surface area contributed by atoms with Gasteiger partial charge in [0, 0.05) is 10.0 Å². The second-order valence-electron chi connectivity index (χ2n) is 5.65. The maximum Gasteiger partial charge on any atom is 0.399 e. The van der Waals surface area contributed by atoms with Gasteiger partial charge < -0.3 is 24.8 Å². The van der Waals surface area contributed by atoms with Gasteiger partial charge >= 0.3 is 10.4 Å². The van der Waals surface area contributed by atoms with Gasteiger partial charge in [-0.2, -0.15) is 8.42 Å². The van der Waals surface area contributed by atoms with Crippen LogP contribution in [0.2, 0.25) is 5.02 Å². The number of fused-ring (bicyclic) bond motifs is 1. The van der Waals surface area contributed by atoms with Crippen LogP contribution in [0.1, 0.15) is 11.1 Å². The van der Waals surface area contributed by atoms with Crippen LogP contribution >= 0.6 is 27.5 Å². The summed E-state index contributed by atoms with van der Waals surface area (Å²) in [7, 11) is -4.98. The van der Waals surface area contributed by atoms with Crippen molar-refractivity contribution in [1.29, 1.82) is 0 Å². The third kappa shape index (κ3) is 3.91. The van der Waals surface area contributed by atoms with Crippen molar-refractivity contribution in [3.05, 3.63) is 38.8 Å². The van der Waals surface area contributed by atoms with E-state index in [4.69, 9.17) is 25.6 Å². The molecule has 5 atom stereocenters. The second kappa shape index (κ2) is 7.34. The molecule has 0 saturated carbocycles. The lowest BCUT2D eigenvalue weighted by Gasteiger charge is -2.39. The molecule has 26 heavy (non-hydrogen) atoms. The largest absolute Gasteiger partial charge is 0.462 e. The number of aliphatic hydroxyl groups excluding tert-OH is 3. The Morgan fingerprint density at radius 2 is 1.81 bits per heavy atom. The maximum absolute atomic E-state index is 10.9. The first-order valence-electron chi connectivity index (χ1n) is 7.28. The number of hydrogen-bond acceptors (Lipinski definition) is 8. The first-order valence-corrected chi connectivity index (χ1v) is 9.81. The molecule has 1 saturated heterocycles. The summed E-state index contributed by atoms with van der Waals surface area (Å²) < 4.78 is 45.8. The summed E-state index contributed by atoms with van der Waals surface area (Å²) in [6, 6.07) is 3.58. The lowest BCUT2D eigenvalue weighted by molar-refractivity contribution is -0.319. The molecule has 144 valence electrons. The third-order valence-corrected chi connectivity index (χ3v) is 5.63. The minimum atomic E-state index is -4.98. The second-order valence-corrected chi connectivity index (χ2v) is 7.93. The molecule has 1 aromatic rings. The molecule has 0 spiro atoms. The number of halogens is 2. The van der Waals surface area contributed by atoms with E-state index in [-0.39, 0.29) is 5.76 Å². The Kier molecular flexibility index (Phi) is 5.64. The Morgan fingerprint density at radius 3 is 2.46 bits per heavy atom. The summed E-state index contributed by atoms with van der Waals surface area (Å²) >= 11 is 9.55. The Bertz CT molecular complexity index is 843. The molecule has 0 unspecified atom stereocenters. The van der Waals surface area contributed by atoms with E-state index < -0.39 is 41.3 Å². The van der Waals surface area contributed by atoms with Gasteiger partial charge in [0.25, 0.3) is 0 Å². The van der Waals surface area contributed by atoms with Gasteiger partial charge in [-0.15, -0.1) is 0 Å². The summed E-state index contributed by atoms with van der Waals surface area (Å²) in [5.41, 5.74) is 1.40. The topological polar surface area (TPSA) is 143 Å². The van der Waals surface area contributed by atoms with Crippen molar-refractivity contribution in [2.24, 2.45) is 0 Å². The highest BCUT2D eigenvalue weighted by atomic mass is 79.9. The third-order valence-electron chi connectivity index (χ3n) is 3.92. The van der Waals surface area contributed by atoms with Gasteiger partial charge in [-0.3, -0.25) is 4.55 Å². The van der Waals surface area contributed by atoms with Crippen LogP contribution in [0.3, 0.4) is 0 Å².